The summed E-state index contributed by atoms with van der Waals surface area (Å²) < 4.78 is 8.29. The van der Waals surface area contributed by atoms with Gasteiger partial charge in [0.05, 0.1) is 0 Å². The molecule has 3 heteroatoms. The zero-order chi connectivity index (χ0) is 14.4. The van der Waals surface area contributed by atoms with E-state index in [2.05, 4.69) is 38.2 Å². The number of allylic oxidation sites excluding steroid dienone is 8. The van der Waals surface area contributed by atoms with Gasteiger partial charge in [-0.15, -0.1) is 0 Å². The Morgan fingerprint density at radius 3 is 1.64 bits per heavy atom. The summed E-state index contributed by atoms with van der Waals surface area (Å²) in [6.07, 6.45) is 19.8. The molecule has 0 saturated heterocycles. The number of hydrogen-bond acceptors (Lipinski definition) is 0. The van der Waals surface area contributed by atoms with Gasteiger partial charge in [-0.3, -0.25) is 0 Å². The number of unbranched alkanes of at least 4 members (excludes halogenated alkanes) is 2. The monoisotopic (exact) mass is 416 g/mol. The first-order chi connectivity index (χ1) is 9.77. The largest absolute Gasteiger partial charge is 1.00 e. The zero-order valence-electron chi connectivity index (χ0n) is 13.9. The van der Waals surface area contributed by atoms with Gasteiger partial charge in [-0.25, -0.2) is 0 Å². The number of rotatable bonds is 8. The molecule has 2 aliphatic rings. The van der Waals surface area contributed by atoms with Crippen LogP contribution in [-0.2, 0) is 21.3 Å². The molecule has 0 aliphatic heterocycles. The van der Waals surface area contributed by atoms with Crippen molar-refractivity contribution in [3.63, 3.8) is 0 Å². The third kappa shape index (κ3) is 5.73. The van der Waals surface area contributed by atoms with Crippen molar-refractivity contribution in [3.05, 3.63) is 42.0 Å². The molecule has 0 unspecified atom stereocenters. The van der Waals surface area contributed by atoms with E-state index < -0.39 is 21.3 Å². The fraction of sp³-hybridized carbons (Fsp3) is 0.526. The standard InChI is InChI=1S/2C9H13.CH2.2ClH.Zr/c2*1-2-3-6-9-7-4-5-8-9;;;;/h2*4,7H,2-3,5-6H2,1H3;1H2;2*1H;/q;;;;;+2/p-2. The molecular formula is C19H28Cl2Zr. The van der Waals surface area contributed by atoms with E-state index in [1.54, 1.807) is 17.7 Å². The summed E-state index contributed by atoms with van der Waals surface area (Å²) in [7, 11) is 0. The minimum absolute atomic E-state index is 0. The molecule has 0 radical (unpaired) electrons. The zero-order valence-corrected chi connectivity index (χ0v) is 17.9. The quantitative estimate of drug-likeness (QED) is 0.515. The van der Waals surface area contributed by atoms with Crippen molar-refractivity contribution >= 4 is 4.21 Å². The van der Waals surface area contributed by atoms with Crippen molar-refractivity contribution in [1.82, 2.24) is 0 Å². The van der Waals surface area contributed by atoms with Crippen LogP contribution in [0.4, 0.5) is 0 Å². The first-order valence-electron chi connectivity index (χ1n) is 8.24. The molecule has 0 saturated carbocycles. The summed E-state index contributed by atoms with van der Waals surface area (Å²) in [6.45, 7) is 4.57. The van der Waals surface area contributed by atoms with Crippen LogP contribution in [0.15, 0.2) is 42.0 Å². The van der Waals surface area contributed by atoms with Crippen LogP contribution in [0.5, 0.6) is 0 Å². The van der Waals surface area contributed by atoms with Crippen molar-refractivity contribution in [2.45, 2.75) is 65.2 Å². The summed E-state index contributed by atoms with van der Waals surface area (Å²) in [6, 6.07) is 0. The van der Waals surface area contributed by atoms with Crippen LogP contribution in [-0.4, -0.2) is 4.21 Å². The van der Waals surface area contributed by atoms with Crippen molar-refractivity contribution in [3.8, 4) is 0 Å². The number of hydrogen-bond donors (Lipinski definition) is 0. The molecule has 0 nitrogen and oxygen atoms in total. The van der Waals surface area contributed by atoms with Gasteiger partial charge in [-0.1, -0.05) is 0 Å². The molecule has 0 fully saturated rings. The Morgan fingerprint density at radius 2 is 1.27 bits per heavy atom. The second-order valence-electron chi connectivity index (χ2n) is 5.91. The Kier molecular flexibility index (Phi) is 11.9. The molecule has 0 aromatic rings. The fourth-order valence-electron chi connectivity index (χ4n) is 3.12. The van der Waals surface area contributed by atoms with Gasteiger partial charge in [-0.05, 0) is 0 Å². The van der Waals surface area contributed by atoms with E-state index in [1.807, 2.05) is 0 Å². The van der Waals surface area contributed by atoms with Gasteiger partial charge in [0, 0.05) is 0 Å². The van der Waals surface area contributed by atoms with E-state index in [4.69, 9.17) is 4.21 Å². The van der Waals surface area contributed by atoms with E-state index in [9.17, 15) is 0 Å². The third-order valence-corrected chi connectivity index (χ3v) is 10.5. The molecular weight excluding hydrogens is 390 g/mol. The van der Waals surface area contributed by atoms with Crippen LogP contribution < -0.4 is 24.8 Å². The molecule has 122 valence electrons. The van der Waals surface area contributed by atoms with Crippen LogP contribution in [0.1, 0.15) is 65.2 Å². The first kappa shape index (κ1) is 22.3. The summed E-state index contributed by atoms with van der Waals surface area (Å²) in [5.74, 6) is 0. The van der Waals surface area contributed by atoms with E-state index in [0.717, 1.165) is 0 Å². The predicted molar refractivity (Wildman–Crippen MR) is 87.7 cm³/mol. The van der Waals surface area contributed by atoms with Gasteiger partial charge >= 0.3 is 133 Å². The molecule has 0 heterocycles. The first-order valence-corrected chi connectivity index (χ1v) is 12.4. The van der Waals surface area contributed by atoms with Crippen LogP contribution in [0.25, 0.3) is 0 Å². The van der Waals surface area contributed by atoms with Crippen LogP contribution in [0, 0.1) is 0 Å². The normalized spacial score (nSPS) is 15.7. The Bertz CT molecular complexity index is 452. The Balaban J connectivity index is 0.00000220. The van der Waals surface area contributed by atoms with Gasteiger partial charge in [-0.2, -0.15) is 0 Å². The maximum absolute atomic E-state index is 4.72. The van der Waals surface area contributed by atoms with Crippen LogP contribution >= 0.6 is 0 Å². The fourth-order valence-corrected chi connectivity index (χ4v) is 8.74. The number of halogens is 2. The minimum atomic E-state index is -1.76. The average Bonchev–Trinajstić information content (AvgIpc) is 3.10. The molecule has 0 N–H and O–H groups in total. The van der Waals surface area contributed by atoms with Gasteiger partial charge in [0.1, 0.15) is 0 Å². The van der Waals surface area contributed by atoms with Gasteiger partial charge in [0.2, 0.25) is 0 Å². The Hall–Kier alpha value is 0.293. The summed E-state index contributed by atoms with van der Waals surface area (Å²) in [5.41, 5.74) is 3.32. The van der Waals surface area contributed by atoms with E-state index in [0.29, 0.717) is 0 Å². The smallest absolute Gasteiger partial charge is 1.00 e. The van der Waals surface area contributed by atoms with Crippen molar-refractivity contribution in [2.75, 3.05) is 0 Å². The van der Waals surface area contributed by atoms with E-state index >= 15 is 0 Å². The van der Waals surface area contributed by atoms with Crippen LogP contribution in [0.3, 0.4) is 0 Å². The second-order valence-corrected chi connectivity index (χ2v) is 11.2. The molecule has 0 aromatic carbocycles. The summed E-state index contributed by atoms with van der Waals surface area (Å²) in [5, 5.41) is 0. The van der Waals surface area contributed by atoms with E-state index in [-0.39, 0.29) is 24.8 Å². The maximum atomic E-state index is 4.72. The Morgan fingerprint density at radius 1 is 0.864 bits per heavy atom. The minimum Gasteiger partial charge on any atom is -1.00 e. The topological polar surface area (TPSA) is 0 Å². The van der Waals surface area contributed by atoms with Gasteiger partial charge in [0.15, 0.2) is 0 Å². The van der Waals surface area contributed by atoms with Gasteiger partial charge in [0.25, 0.3) is 0 Å². The second kappa shape index (κ2) is 11.8. The maximum Gasteiger partial charge on any atom is -1.00 e. The van der Waals surface area contributed by atoms with Crippen molar-refractivity contribution in [2.24, 2.45) is 0 Å². The molecule has 0 atom stereocenters. The molecule has 0 bridgehead atoms. The summed E-state index contributed by atoms with van der Waals surface area (Å²) >= 11 is -1.76. The average molecular weight is 419 g/mol. The molecule has 2 rings (SSSR count). The molecule has 22 heavy (non-hydrogen) atoms. The van der Waals surface area contributed by atoms with Crippen molar-refractivity contribution in [1.29, 1.82) is 0 Å². The molecule has 0 aromatic heterocycles. The molecule has 0 spiro atoms. The molecule has 2 aliphatic carbocycles. The summed E-state index contributed by atoms with van der Waals surface area (Å²) in [4.78, 5) is 0. The SMILES string of the molecule is [CH2]=[Zr+2]([C]1=C(CCCC)C=CC1)[C]1=C(CCCC)C=CC1.[Cl-].[Cl-]. The predicted octanol–water partition coefficient (Wildman–Crippen LogP) is -0.147. The van der Waals surface area contributed by atoms with Gasteiger partial charge < -0.3 is 24.8 Å². The van der Waals surface area contributed by atoms with Crippen molar-refractivity contribution < 1.29 is 46.1 Å². The van der Waals surface area contributed by atoms with Crippen LogP contribution in [0.2, 0.25) is 0 Å². The van der Waals surface area contributed by atoms with E-state index in [1.165, 1.54) is 51.4 Å². The Labute approximate surface area is 156 Å². The third-order valence-electron chi connectivity index (χ3n) is 4.39. The molecule has 0 amide bonds.